The second-order valence-electron chi connectivity index (χ2n) is 4.62. The van der Waals surface area contributed by atoms with Crippen LogP contribution in [0.15, 0.2) is 47.6 Å². The zero-order chi connectivity index (χ0) is 15.4. The molecule has 0 bridgehead atoms. The van der Waals surface area contributed by atoms with Gasteiger partial charge < -0.3 is 14.6 Å². The molecule has 0 atom stereocenters. The molecule has 3 rings (SSSR count). The Labute approximate surface area is 127 Å². The summed E-state index contributed by atoms with van der Waals surface area (Å²) >= 11 is 0. The summed E-state index contributed by atoms with van der Waals surface area (Å²) < 4.78 is 10.9. The number of hydrogen-bond acceptors (Lipinski definition) is 5. The zero-order valence-corrected chi connectivity index (χ0v) is 11.7. The lowest BCUT2D eigenvalue weighted by Crippen LogP contribution is -2.17. The topological polar surface area (TPSA) is 80.2 Å². The number of carbonyl (C=O) groups excluding carboxylic acids is 1. The number of aromatic hydroxyl groups is 1. The molecule has 0 aromatic heterocycles. The Morgan fingerprint density at radius 1 is 1.14 bits per heavy atom. The zero-order valence-electron chi connectivity index (χ0n) is 11.7. The Morgan fingerprint density at radius 3 is 2.73 bits per heavy atom. The van der Waals surface area contributed by atoms with Crippen LogP contribution in [0.5, 0.6) is 17.2 Å². The fourth-order valence-corrected chi connectivity index (χ4v) is 2.03. The van der Waals surface area contributed by atoms with Gasteiger partial charge in [0, 0.05) is 0 Å². The summed E-state index contributed by atoms with van der Waals surface area (Å²) in [4.78, 5) is 11.9. The monoisotopic (exact) mass is 298 g/mol. The van der Waals surface area contributed by atoms with Crippen LogP contribution < -0.4 is 14.9 Å². The van der Waals surface area contributed by atoms with E-state index in [0.717, 1.165) is 5.56 Å². The van der Waals surface area contributed by atoms with Gasteiger partial charge in [-0.15, -0.1) is 0 Å². The Balaban J connectivity index is 1.67. The molecular formula is C16H14N2O4. The predicted molar refractivity (Wildman–Crippen MR) is 80.6 cm³/mol. The number of nitrogens with zero attached hydrogens (tertiary/aromatic N) is 1. The molecule has 1 aliphatic heterocycles. The third-order valence-corrected chi connectivity index (χ3v) is 3.09. The molecule has 0 spiro atoms. The van der Waals surface area contributed by atoms with E-state index in [-0.39, 0.29) is 11.3 Å². The maximum atomic E-state index is 11.9. The number of phenols is 1. The summed E-state index contributed by atoms with van der Waals surface area (Å²) in [5.41, 5.74) is 3.30. The first-order valence-electron chi connectivity index (χ1n) is 6.75. The number of rotatable bonds is 3. The molecule has 2 aromatic carbocycles. The van der Waals surface area contributed by atoms with Gasteiger partial charge in [0.15, 0.2) is 11.5 Å². The van der Waals surface area contributed by atoms with Crippen LogP contribution in [0, 0.1) is 0 Å². The number of para-hydroxylation sites is 1. The molecule has 1 heterocycles. The lowest BCUT2D eigenvalue weighted by Gasteiger charge is -2.18. The summed E-state index contributed by atoms with van der Waals surface area (Å²) in [7, 11) is 0. The van der Waals surface area contributed by atoms with Gasteiger partial charge in [0.2, 0.25) is 0 Å². The van der Waals surface area contributed by atoms with E-state index in [4.69, 9.17) is 9.47 Å². The Kier molecular flexibility index (Phi) is 3.91. The first kappa shape index (κ1) is 13.9. The van der Waals surface area contributed by atoms with Gasteiger partial charge in [-0.2, -0.15) is 5.10 Å². The minimum Gasteiger partial charge on any atom is -0.507 e. The van der Waals surface area contributed by atoms with Crippen molar-refractivity contribution in [3.8, 4) is 17.2 Å². The normalized spacial score (nSPS) is 13.1. The van der Waals surface area contributed by atoms with E-state index in [9.17, 15) is 9.90 Å². The number of amides is 1. The van der Waals surface area contributed by atoms with Gasteiger partial charge >= 0.3 is 0 Å². The Bertz CT molecular complexity index is 728. The van der Waals surface area contributed by atoms with Crippen molar-refractivity contribution >= 4 is 12.1 Å². The second kappa shape index (κ2) is 6.17. The highest BCUT2D eigenvalue weighted by atomic mass is 16.6. The molecular weight excluding hydrogens is 284 g/mol. The third kappa shape index (κ3) is 3.01. The molecule has 0 unspecified atom stereocenters. The van der Waals surface area contributed by atoms with Gasteiger partial charge in [-0.1, -0.05) is 12.1 Å². The third-order valence-electron chi connectivity index (χ3n) is 3.09. The maximum Gasteiger partial charge on any atom is 0.275 e. The number of phenolic OH excluding ortho intramolecular Hbond substituents is 1. The Hall–Kier alpha value is -3.02. The fourth-order valence-electron chi connectivity index (χ4n) is 2.03. The van der Waals surface area contributed by atoms with Gasteiger partial charge in [0.1, 0.15) is 19.0 Å². The highest BCUT2D eigenvalue weighted by Gasteiger charge is 2.11. The second-order valence-corrected chi connectivity index (χ2v) is 4.62. The Morgan fingerprint density at radius 2 is 1.91 bits per heavy atom. The maximum absolute atomic E-state index is 11.9. The number of hydrogen-bond donors (Lipinski definition) is 2. The summed E-state index contributed by atoms with van der Waals surface area (Å²) in [5.74, 6) is 0.783. The first-order chi connectivity index (χ1) is 10.7. The van der Waals surface area contributed by atoms with E-state index in [1.54, 1.807) is 24.3 Å². The number of fused-ring (bicyclic) bond motifs is 1. The van der Waals surface area contributed by atoms with Crippen molar-refractivity contribution in [1.82, 2.24) is 5.43 Å². The summed E-state index contributed by atoms with van der Waals surface area (Å²) in [6.45, 7) is 1.05. The average Bonchev–Trinajstić information content (AvgIpc) is 2.55. The highest BCUT2D eigenvalue weighted by Crippen LogP contribution is 2.30. The van der Waals surface area contributed by atoms with E-state index < -0.39 is 5.91 Å². The van der Waals surface area contributed by atoms with Gasteiger partial charge in [0.25, 0.3) is 5.91 Å². The van der Waals surface area contributed by atoms with Crippen molar-refractivity contribution in [3.63, 3.8) is 0 Å². The number of benzene rings is 2. The lowest BCUT2D eigenvalue weighted by atomic mass is 10.2. The SMILES string of the molecule is O=C(NN=Cc1ccc2c(c1)OCCO2)c1ccccc1O. The van der Waals surface area contributed by atoms with E-state index >= 15 is 0 Å². The molecule has 0 saturated carbocycles. The van der Waals surface area contributed by atoms with E-state index in [1.807, 2.05) is 6.07 Å². The molecule has 0 saturated heterocycles. The highest BCUT2D eigenvalue weighted by molar-refractivity contribution is 5.97. The van der Waals surface area contributed by atoms with Crippen LogP contribution in [0.1, 0.15) is 15.9 Å². The molecule has 1 aliphatic rings. The van der Waals surface area contributed by atoms with Gasteiger partial charge in [-0.05, 0) is 35.9 Å². The van der Waals surface area contributed by atoms with Crippen molar-refractivity contribution in [2.24, 2.45) is 5.10 Å². The predicted octanol–water partition coefficient (Wildman–Crippen LogP) is 1.93. The van der Waals surface area contributed by atoms with E-state index in [1.165, 1.54) is 18.3 Å². The van der Waals surface area contributed by atoms with Crippen molar-refractivity contribution in [1.29, 1.82) is 0 Å². The van der Waals surface area contributed by atoms with Crippen LogP contribution in [0.3, 0.4) is 0 Å². The summed E-state index contributed by atoms with van der Waals surface area (Å²) in [6, 6.07) is 11.7. The molecule has 2 N–H and O–H groups in total. The van der Waals surface area contributed by atoms with Gasteiger partial charge in [-0.25, -0.2) is 5.43 Å². The molecule has 1 amide bonds. The van der Waals surface area contributed by atoms with Crippen LogP contribution in [0.2, 0.25) is 0 Å². The van der Waals surface area contributed by atoms with Crippen molar-refractivity contribution < 1.29 is 19.4 Å². The van der Waals surface area contributed by atoms with Gasteiger partial charge in [-0.3, -0.25) is 4.79 Å². The quantitative estimate of drug-likeness (QED) is 0.670. The van der Waals surface area contributed by atoms with Crippen molar-refractivity contribution in [3.05, 3.63) is 53.6 Å². The van der Waals surface area contributed by atoms with Crippen LogP contribution in [0.4, 0.5) is 0 Å². The van der Waals surface area contributed by atoms with Crippen LogP contribution >= 0.6 is 0 Å². The first-order valence-corrected chi connectivity index (χ1v) is 6.75. The molecule has 22 heavy (non-hydrogen) atoms. The van der Waals surface area contributed by atoms with Crippen LogP contribution in [-0.2, 0) is 0 Å². The smallest absolute Gasteiger partial charge is 0.275 e. The molecule has 6 heteroatoms. The van der Waals surface area contributed by atoms with Crippen molar-refractivity contribution in [2.75, 3.05) is 13.2 Å². The number of hydrazone groups is 1. The number of carbonyl (C=O) groups is 1. The lowest BCUT2D eigenvalue weighted by molar-refractivity contribution is 0.0952. The molecule has 2 aromatic rings. The minimum absolute atomic E-state index is 0.0884. The standard InChI is InChI=1S/C16H14N2O4/c19-13-4-2-1-3-12(13)16(20)18-17-10-11-5-6-14-15(9-11)22-8-7-21-14/h1-6,9-10,19H,7-8H2,(H,18,20). The van der Waals surface area contributed by atoms with E-state index in [2.05, 4.69) is 10.5 Å². The summed E-state index contributed by atoms with van der Waals surface area (Å²) in [5, 5.41) is 13.5. The van der Waals surface area contributed by atoms with Crippen LogP contribution in [0.25, 0.3) is 0 Å². The average molecular weight is 298 g/mol. The number of ether oxygens (including phenoxy) is 2. The van der Waals surface area contributed by atoms with E-state index in [0.29, 0.717) is 24.7 Å². The van der Waals surface area contributed by atoms with Crippen LogP contribution in [-0.4, -0.2) is 30.4 Å². The number of nitrogens with one attached hydrogen (secondary N) is 1. The molecule has 0 radical (unpaired) electrons. The molecule has 112 valence electrons. The largest absolute Gasteiger partial charge is 0.507 e. The van der Waals surface area contributed by atoms with Gasteiger partial charge in [0.05, 0.1) is 11.8 Å². The van der Waals surface area contributed by atoms with Crippen molar-refractivity contribution in [2.45, 2.75) is 0 Å². The minimum atomic E-state index is -0.480. The molecule has 0 fully saturated rings. The fraction of sp³-hybridized carbons (Fsp3) is 0.125. The molecule has 6 nitrogen and oxygen atoms in total. The molecule has 0 aliphatic carbocycles. The summed E-state index contributed by atoms with van der Waals surface area (Å²) in [6.07, 6.45) is 1.50.